The number of nitrogens with zero attached hydrogens (tertiary/aromatic N) is 3. The fourth-order valence-corrected chi connectivity index (χ4v) is 1.54. The summed E-state index contributed by atoms with van der Waals surface area (Å²) < 4.78 is 1.11. The van der Waals surface area contributed by atoms with Crippen molar-refractivity contribution in [2.24, 2.45) is 0 Å². The maximum absolute atomic E-state index is 11.0. The number of rotatable bonds is 4. The van der Waals surface area contributed by atoms with Gasteiger partial charge in [0.15, 0.2) is 5.69 Å². The molecule has 2 aromatic rings. The van der Waals surface area contributed by atoms with E-state index in [0.29, 0.717) is 0 Å². The summed E-state index contributed by atoms with van der Waals surface area (Å²) in [6.45, 7) is 0.177. The lowest BCUT2D eigenvalue weighted by Crippen LogP contribution is -2.10. The summed E-state index contributed by atoms with van der Waals surface area (Å²) in [5, 5.41) is 23.2. The Morgan fingerprint density at radius 3 is 2.61 bits per heavy atom. The zero-order valence-electron chi connectivity index (χ0n) is 9.18. The number of nitro groups is 1. The molecule has 0 saturated heterocycles. The second kappa shape index (κ2) is 4.66. The first-order valence-corrected chi connectivity index (χ1v) is 5.07. The van der Waals surface area contributed by atoms with Crippen molar-refractivity contribution in [1.82, 2.24) is 9.78 Å². The number of carboxylic acids is 1. The van der Waals surface area contributed by atoms with Crippen LogP contribution in [0.2, 0.25) is 0 Å². The van der Waals surface area contributed by atoms with Crippen molar-refractivity contribution in [3.05, 3.63) is 57.8 Å². The molecule has 7 heteroatoms. The second-order valence-corrected chi connectivity index (χ2v) is 3.59. The van der Waals surface area contributed by atoms with Crippen molar-refractivity contribution < 1.29 is 14.8 Å². The summed E-state index contributed by atoms with van der Waals surface area (Å²) in [6.07, 6.45) is 0. The van der Waals surface area contributed by atoms with Gasteiger partial charge in [0.1, 0.15) is 0 Å². The van der Waals surface area contributed by atoms with E-state index in [1.807, 2.05) is 6.07 Å². The molecular weight excluding hydrogens is 238 g/mol. The van der Waals surface area contributed by atoms with Gasteiger partial charge < -0.3 is 15.2 Å². The predicted molar refractivity (Wildman–Crippen MR) is 61.4 cm³/mol. The molecule has 0 bridgehead atoms. The van der Waals surface area contributed by atoms with Gasteiger partial charge in [0.2, 0.25) is 0 Å². The van der Waals surface area contributed by atoms with Crippen molar-refractivity contribution in [3.63, 3.8) is 0 Å². The minimum absolute atomic E-state index is 0.177. The number of carbonyl (C=O) groups is 1. The highest BCUT2D eigenvalue weighted by Gasteiger charge is 2.22. The number of carboxylic acid groups (broad SMARTS) is 1. The normalized spacial score (nSPS) is 10.2. The Labute approximate surface area is 101 Å². The number of aromatic nitrogens is 2. The van der Waals surface area contributed by atoms with Crippen LogP contribution in [-0.2, 0) is 6.54 Å². The third-order valence-corrected chi connectivity index (χ3v) is 2.35. The van der Waals surface area contributed by atoms with E-state index in [0.717, 1.165) is 16.3 Å². The molecule has 0 atom stereocenters. The number of hydrogen-bond acceptors (Lipinski definition) is 4. The topological polar surface area (TPSA) is 98.3 Å². The molecule has 0 amide bonds. The summed E-state index contributed by atoms with van der Waals surface area (Å²) >= 11 is 0. The smallest absolute Gasteiger partial charge is 0.390 e. The molecule has 2 rings (SSSR count). The zero-order valence-corrected chi connectivity index (χ0v) is 9.18. The van der Waals surface area contributed by atoms with Crippen LogP contribution in [0.1, 0.15) is 16.1 Å². The highest BCUT2D eigenvalue weighted by Crippen LogP contribution is 2.14. The fourth-order valence-electron chi connectivity index (χ4n) is 1.54. The highest BCUT2D eigenvalue weighted by molar-refractivity contribution is 5.86. The molecule has 0 aliphatic carbocycles. The van der Waals surface area contributed by atoms with E-state index in [1.165, 1.54) is 0 Å². The molecule has 1 heterocycles. The second-order valence-electron chi connectivity index (χ2n) is 3.59. The van der Waals surface area contributed by atoms with E-state index < -0.39 is 16.7 Å². The first kappa shape index (κ1) is 11.8. The van der Waals surface area contributed by atoms with Crippen LogP contribution < -0.4 is 0 Å². The minimum Gasteiger partial charge on any atom is -0.476 e. The van der Waals surface area contributed by atoms with E-state index in [-0.39, 0.29) is 12.2 Å². The molecule has 0 fully saturated rings. The Morgan fingerprint density at radius 2 is 2.06 bits per heavy atom. The highest BCUT2D eigenvalue weighted by atomic mass is 16.6. The van der Waals surface area contributed by atoms with Gasteiger partial charge >= 0.3 is 11.8 Å². The fraction of sp³-hybridized carbons (Fsp3) is 0.0909. The average Bonchev–Trinajstić information content (AvgIpc) is 2.74. The molecular formula is C11H9N3O4. The van der Waals surface area contributed by atoms with Gasteiger partial charge in [0, 0.05) is 0 Å². The van der Waals surface area contributed by atoms with Gasteiger partial charge in [-0.15, -0.1) is 0 Å². The van der Waals surface area contributed by atoms with Crippen LogP contribution in [-0.4, -0.2) is 25.8 Å². The molecule has 1 aromatic heterocycles. The van der Waals surface area contributed by atoms with Crippen molar-refractivity contribution in [3.8, 4) is 0 Å². The van der Waals surface area contributed by atoms with Crippen molar-refractivity contribution in [2.45, 2.75) is 6.54 Å². The third-order valence-electron chi connectivity index (χ3n) is 2.35. The Hall–Kier alpha value is -2.70. The molecule has 92 valence electrons. The lowest BCUT2D eigenvalue weighted by atomic mass is 10.2. The summed E-state index contributed by atoms with van der Waals surface area (Å²) in [6, 6.07) is 9.96. The minimum atomic E-state index is -1.24. The Bertz CT molecular complexity index is 592. The van der Waals surface area contributed by atoms with Gasteiger partial charge in [-0.3, -0.25) is 0 Å². The molecule has 0 unspecified atom stereocenters. The monoisotopic (exact) mass is 247 g/mol. The van der Waals surface area contributed by atoms with Crippen molar-refractivity contribution in [1.29, 1.82) is 0 Å². The molecule has 0 saturated carbocycles. The summed E-state index contributed by atoms with van der Waals surface area (Å²) in [5.41, 5.74) is 0.614. The summed E-state index contributed by atoms with van der Waals surface area (Å²) in [5.74, 6) is -1.71. The quantitative estimate of drug-likeness (QED) is 0.652. The molecule has 1 N–H and O–H groups in total. The zero-order chi connectivity index (χ0) is 13.1. The van der Waals surface area contributed by atoms with Gasteiger partial charge in [-0.2, -0.15) is 4.68 Å². The molecule has 0 spiro atoms. The van der Waals surface area contributed by atoms with Crippen LogP contribution in [0.15, 0.2) is 36.4 Å². The van der Waals surface area contributed by atoms with Gasteiger partial charge in [0.05, 0.1) is 17.7 Å². The van der Waals surface area contributed by atoms with Gasteiger partial charge in [-0.25, -0.2) is 4.79 Å². The average molecular weight is 247 g/mol. The maximum Gasteiger partial charge on any atom is 0.390 e. The molecule has 18 heavy (non-hydrogen) atoms. The standard InChI is InChI=1S/C11H9N3O4/c15-11(16)9-6-10(14(17)18)12-13(9)7-8-4-2-1-3-5-8/h1-6H,7H2,(H,15,16). The number of aromatic carboxylic acids is 1. The number of hydrogen-bond donors (Lipinski definition) is 1. The van der Waals surface area contributed by atoms with Crippen LogP contribution in [0.4, 0.5) is 5.82 Å². The van der Waals surface area contributed by atoms with Crippen LogP contribution >= 0.6 is 0 Å². The lowest BCUT2D eigenvalue weighted by molar-refractivity contribution is -0.389. The first-order chi connectivity index (χ1) is 8.58. The Balaban J connectivity index is 2.37. The van der Waals surface area contributed by atoms with Crippen LogP contribution in [0.5, 0.6) is 0 Å². The van der Waals surface area contributed by atoms with Crippen LogP contribution in [0.25, 0.3) is 0 Å². The predicted octanol–water partition coefficient (Wildman–Crippen LogP) is 1.54. The van der Waals surface area contributed by atoms with Crippen molar-refractivity contribution in [2.75, 3.05) is 0 Å². The molecule has 0 aliphatic rings. The van der Waals surface area contributed by atoms with E-state index in [1.54, 1.807) is 24.3 Å². The van der Waals surface area contributed by atoms with E-state index in [2.05, 4.69) is 5.10 Å². The Kier molecular flexibility index (Phi) is 3.05. The van der Waals surface area contributed by atoms with E-state index >= 15 is 0 Å². The lowest BCUT2D eigenvalue weighted by Gasteiger charge is -1.99. The van der Waals surface area contributed by atoms with Gasteiger partial charge in [-0.1, -0.05) is 30.3 Å². The molecule has 0 aliphatic heterocycles. The largest absolute Gasteiger partial charge is 0.476 e. The summed E-state index contributed by atoms with van der Waals surface area (Å²) in [4.78, 5) is 20.8. The first-order valence-electron chi connectivity index (χ1n) is 5.07. The van der Waals surface area contributed by atoms with Crippen molar-refractivity contribution >= 4 is 11.8 Å². The van der Waals surface area contributed by atoms with Crippen LogP contribution in [0, 0.1) is 10.1 Å². The van der Waals surface area contributed by atoms with E-state index in [9.17, 15) is 14.9 Å². The SMILES string of the molecule is O=C(O)c1cc([N+](=O)[O-])nn1Cc1ccccc1. The summed E-state index contributed by atoms with van der Waals surface area (Å²) in [7, 11) is 0. The molecule has 1 aromatic carbocycles. The van der Waals surface area contributed by atoms with Gasteiger partial charge in [0.25, 0.3) is 0 Å². The third kappa shape index (κ3) is 2.34. The Morgan fingerprint density at radius 1 is 1.39 bits per heavy atom. The van der Waals surface area contributed by atoms with Gasteiger partial charge in [-0.05, 0) is 10.5 Å². The maximum atomic E-state index is 11.0. The molecule has 0 radical (unpaired) electrons. The van der Waals surface area contributed by atoms with E-state index in [4.69, 9.17) is 5.11 Å². The molecule has 7 nitrogen and oxygen atoms in total. The number of benzene rings is 1. The van der Waals surface area contributed by atoms with Crippen LogP contribution in [0.3, 0.4) is 0 Å².